The molecule has 0 fully saturated rings. The van der Waals surface area contributed by atoms with Crippen LogP contribution >= 0.6 is 0 Å². The molecule has 6 nitrogen and oxygen atoms in total. The smallest absolute Gasteiger partial charge is 0.342 e. The van der Waals surface area contributed by atoms with E-state index in [1.54, 1.807) is 6.07 Å². The highest BCUT2D eigenvalue weighted by atomic mass is 19.1. The first-order chi connectivity index (χ1) is 8.47. The van der Waals surface area contributed by atoms with Gasteiger partial charge in [0.15, 0.2) is 0 Å². The zero-order valence-corrected chi connectivity index (χ0v) is 8.81. The van der Waals surface area contributed by atoms with Crippen LogP contribution in [0.1, 0.15) is 22.3 Å². The van der Waals surface area contributed by atoms with E-state index in [9.17, 15) is 19.3 Å². The molecule has 1 N–H and O–H groups in total. The Balaban J connectivity index is 3.39. The van der Waals surface area contributed by atoms with Crippen molar-refractivity contribution in [3.8, 4) is 17.9 Å². The molecule has 90 valence electrons. The van der Waals surface area contributed by atoms with Crippen LogP contribution in [-0.2, 0) is 0 Å². The number of aromatic carboxylic acids is 1. The van der Waals surface area contributed by atoms with Gasteiger partial charge in [0, 0.05) is 6.07 Å². The average Bonchev–Trinajstić information content (AvgIpc) is 2.30. The Morgan fingerprint density at radius 2 is 2.22 bits per heavy atom. The predicted molar refractivity (Wildman–Crippen MR) is 57.1 cm³/mol. The molecule has 1 rings (SSSR count). The Kier molecular flexibility index (Phi) is 3.95. The molecule has 0 unspecified atom stereocenters. The summed E-state index contributed by atoms with van der Waals surface area (Å²) in [6.45, 7) is 0. The van der Waals surface area contributed by atoms with E-state index >= 15 is 0 Å². The van der Waals surface area contributed by atoms with Gasteiger partial charge in [-0.1, -0.05) is 11.8 Å². The molecule has 0 aliphatic carbocycles. The van der Waals surface area contributed by atoms with Gasteiger partial charge in [0.1, 0.15) is 11.4 Å². The molecule has 0 heterocycles. The van der Waals surface area contributed by atoms with Crippen molar-refractivity contribution in [1.29, 1.82) is 5.26 Å². The van der Waals surface area contributed by atoms with Crippen LogP contribution in [-0.4, -0.2) is 16.0 Å². The third-order valence-corrected chi connectivity index (χ3v) is 1.90. The number of benzene rings is 1. The van der Waals surface area contributed by atoms with Crippen molar-refractivity contribution in [2.24, 2.45) is 0 Å². The normalized spacial score (nSPS) is 8.89. The molecule has 0 spiro atoms. The maximum absolute atomic E-state index is 13.4. The number of halogens is 1. The summed E-state index contributed by atoms with van der Waals surface area (Å²) in [5.41, 5.74) is -1.81. The number of hydrogen-bond donors (Lipinski definition) is 1. The number of nitrogens with zero attached hydrogens (tertiary/aromatic N) is 2. The van der Waals surface area contributed by atoms with E-state index in [4.69, 9.17) is 10.4 Å². The van der Waals surface area contributed by atoms with Crippen molar-refractivity contribution in [2.45, 2.75) is 6.42 Å². The summed E-state index contributed by atoms with van der Waals surface area (Å²) in [7, 11) is 0. The summed E-state index contributed by atoms with van der Waals surface area (Å²) in [6, 6.07) is 2.98. The fraction of sp³-hybridized carbons (Fsp3) is 0.0909. The molecular formula is C11H5FN2O4. The lowest BCUT2D eigenvalue weighted by Gasteiger charge is -2.00. The molecule has 0 saturated heterocycles. The van der Waals surface area contributed by atoms with Gasteiger partial charge in [0.05, 0.1) is 23.0 Å². The Morgan fingerprint density at radius 1 is 1.56 bits per heavy atom. The molecule has 0 atom stereocenters. The summed E-state index contributed by atoms with van der Waals surface area (Å²) in [4.78, 5) is 20.4. The summed E-state index contributed by atoms with van der Waals surface area (Å²) < 4.78 is 13.4. The Bertz CT molecular complexity index is 622. The topological polar surface area (TPSA) is 104 Å². The molecule has 7 heteroatoms. The largest absolute Gasteiger partial charge is 0.477 e. The van der Waals surface area contributed by atoms with Crippen molar-refractivity contribution in [2.75, 3.05) is 0 Å². The lowest BCUT2D eigenvalue weighted by atomic mass is 10.1. The van der Waals surface area contributed by atoms with Gasteiger partial charge in [0.2, 0.25) is 0 Å². The van der Waals surface area contributed by atoms with Gasteiger partial charge in [0.25, 0.3) is 5.69 Å². The zero-order valence-electron chi connectivity index (χ0n) is 8.81. The molecule has 0 radical (unpaired) electrons. The maximum Gasteiger partial charge on any atom is 0.342 e. The Labute approximate surface area is 100 Å². The van der Waals surface area contributed by atoms with Crippen molar-refractivity contribution in [3.05, 3.63) is 39.2 Å². The molecule has 0 bridgehead atoms. The van der Waals surface area contributed by atoms with Crippen LogP contribution in [0.15, 0.2) is 12.1 Å². The third-order valence-electron chi connectivity index (χ3n) is 1.90. The second kappa shape index (κ2) is 5.41. The quantitative estimate of drug-likeness (QED) is 0.487. The van der Waals surface area contributed by atoms with E-state index < -0.39 is 28.0 Å². The molecular weight excluding hydrogens is 243 g/mol. The zero-order chi connectivity index (χ0) is 13.7. The number of nitriles is 1. The number of carboxylic acid groups (broad SMARTS) is 1. The van der Waals surface area contributed by atoms with Crippen LogP contribution in [0.4, 0.5) is 10.1 Å². The van der Waals surface area contributed by atoms with Gasteiger partial charge in [-0.05, 0) is 6.07 Å². The van der Waals surface area contributed by atoms with Crippen LogP contribution in [0.5, 0.6) is 0 Å². The molecule has 0 aliphatic rings. The molecule has 0 amide bonds. The third kappa shape index (κ3) is 2.80. The summed E-state index contributed by atoms with van der Waals surface area (Å²) in [5.74, 6) is 1.93. The average molecular weight is 248 g/mol. The van der Waals surface area contributed by atoms with Gasteiger partial charge in [-0.25, -0.2) is 9.18 Å². The highest BCUT2D eigenvalue weighted by Gasteiger charge is 2.22. The summed E-state index contributed by atoms with van der Waals surface area (Å²) >= 11 is 0. The second-order valence-electron chi connectivity index (χ2n) is 3.05. The SMILES string of the molecule is N#CCC#Cc1cc([N+](=O)[O-])c(C(=O)O)cc1F. The van der Waals surface area contributed by atoms with E-state index in [0.717, 1.165) is 6.07 Å². The van der Waals surface area contributed by atoms with Crippen LogP contribution < -0.4 is 0 Å². The molecule has 0 aromatic heterocycles. The van der Waals surface area contributed by atoms with Gasteiger partial charge in [-0.2, -0.15) is 5.26 Å². The van der Waals surface area contributed by atoms with Crippen LogP contribution in [0.2, 0.25) is 0 Å². The molecule has 18 heavy (non-hydrogen) atoms. The van der Waals surface area contributed by atoms with Crippen LogP contribution in [0.25, 0.3) is 0 Å². The highest BCUT2D eigenvalue weighted by Crippen LogP contribution is 2.22. The van der Waals surface area contributed by atoms with E-state index in [2.05, 4.69) is 11.8 Å². The van der Waals surface area contributed by atoms with E-state index in [-0.39, 0.29) is 12.0 Å². The maximum atomic E-state index is 13.4. The molecule has 0 aliphatic heterocycles. The summed E-state index contributed by atoms with van der Waals surface area (Å²) in [5, 5.41) is 27.6. The minimum absolute atomic E-state index is 0.159. The Hall–Kier alpha value is -2.93. The molecule has 0 saturated carbocycles. The lowest BCUT2D eigenvalue weighted by molar-refractivity contribution is -0.385. The minimum atomic E-state index is -1.60. The molecule has 1 aromatic rings. The van der Waals surface area contributed by atoms with E-state index in [1.807, 2.05) is 0 Å². The van der Waals surface area contributed by atoms with Crippen molar-refractivity contribution in [1.82, 2.24) is 0 Å². The van der Waals surface area contributed by atoms with Gasteiger partial charge >= 0.3 is 5.97 Å². The summed E-state index contributed by atoms with van der Waals surface area (Å²) in [6.07, 6.45) is -0.159. The number of hydrogen-bond acceptors (Lipinski definition) is 4. The number of carbonyl (C=O) groups is 1. The van der Waals surface area contributed by atoms with Crippen LogP contribution in [0.3, 0.4) is 0 Å². The predicted octanol–water partition coefficient (Wildman–Crippen LogP) is 1.70. The van der Waals surface area contributed by atoms with E-state index in [0.29, 0.717) is 6.07 Å². The Morgan fingerprint density at radius 3 is 2.72 bits per heavy atom. The number of nitro benzene ring substituents is 1. The fourth-order valence-electron chi connectivity index (χ4n) is 1.16. The first-order valence-corrected chi connectivity index (χ1v) is 4.54. The van der Waals surface area contributed by atoms with Gasteiger partial charge in [-0.3, -0.25) is 10.1 Å². The van der Waals surface area contributed by atoms with Crippen LogP contribution in [0, 0.1) is 39.1 Å². The van der Waals surface area contributed by atoms with E-state index in [1.165, 1.54) is 0 Å². The van der Waals surface area contributed by atoms with Crippen molar-refractivity contribution >= 4 is 11.7 Å². The van der Waals surface area contributed by atoms with Crippen molar-refractivity contribution in [3.63, 3.8) is 0 Å². The van der Waals surface area contributed by atoms with Gasteiger partial charge in [-0.15, -0.1) is 0 Å². The van der Waals surface area contributed by atoms with Gasteiger partial charge < -0.3 is 5.11 Å². The fourth-order valence-corrected chi connectivity index (χ4v) is 1.16. The first-order valence-electron chi connectivity index (χ1n) is 4.54. The molecule has 1 aromatic carbocycles. The number of rotatable bonds is 2. The second-order valence-corrected chi connectivity index (χ2v) is 3.05. The highest BCUT2D eigenvalue weighted by molar-refractivity contribution is 5.92. The monoisotopic (exact) mass is 248 g/mol. The number of nitro groups is 1. The first kappa shape index (κ1) is 13.1. The number of carboxylic acids is 1. The lowest BCUT2D eigenvalue weighted by Crippen LogP contribution is -2.04. The van der Waals surface area contributed by atoms with Crippen molar-refractivity contribution < 1.29 is 19.2 Å². The minimum Gasteiger partial charge on any atom is -0.477 e. The standard InChI is InChI=1S/C11H5FN2O4/c12-9-6-8(11(15)16)10(14(17)18)5-7(9)3-1-2-4-13/h5-6H,2H2,(H,15,16).